The van der Waals surface area contributed by atoms with Gasteiger partial charge in [-0.15, -0.1) is 0 Å². The molecule has 0 spiro atoms. The van der Waals surface area contributed by atoms with Crippen LogP contribution in [0.3, 0.4) is 0 Å². The molecule has 0 aliphatic carbocycles. The number of para-hydroxylation sites is 1. The number of imide groups is 1. The van der Waals surface area contributed by atoms with Gasteiger partial charge in [-0.1, -0.05) is 48.0 Å². The molecule has 2 aromatic carbocycles. The lowest BCUT2D eigenvalue weighted by molar-refractivity contribution is -0.120. The molecule has 2 aliphatic rings. The topological polar surface area (TPSA) is 58.4 Å². The molecule has 28 heavy (non-hydrogen) atoms. The van der Waals surface area contributed by atoms with Gasteiger partial charge in [0.15, 0.2) is 0 Å². The van der Waals surface area contributed by atoms with Crippen molar-refractivity contribution in [2.75, 3.05) is 4.90 Å². The Balaban J connectivity index is 1.43. The van der Waals surface area contributed by atoms with E-state index in [-0.39, 0.29) is 11.9 Å². The van der Waals surface area contributed by atoms with Crippen LogP contribution in [0, 0.1) is 6.92 Å². The summed E-state index contributed by atoms with van der Waals surface area (Å²) in [4.78, 5) is 33.4. The first-order valence-electron chi connectivity index (χ1n) is 9.40. The highest BCUT2D eigenvalue weighted by Gasteiger charge is 2.48. The number of hydrogen-bond donors (Lipinski definition) is 0. The normalized spacial score (nSPS) is 18.4. The molecule has 6 nitrogen and oxygen atoms in total. The second-order valence-electron chi connectivity index (χ2n) is 7.39. The molecule has 2 aliphatic heterocycles. The van der Waals surface area contributed by atoms with Crippen molar-refractivity contribution in [2.45, 2.75) is 32.5 Å². The molecular formula is C22H20N4O2. The van der Waals surface area contributed by atoms with E-state index in [0.717, 1.165) is 11.4 Å². The number of urea groups is 1. The standard InChI is InChI=1S/C22H20N4O2/c1-15-7-9-16(10-8-15)12-24-14-23-18-11-19-21(27)26(17-5-3-2-4-6-17)22(28)25(19)13-20(18)24/h2-10,14,19H,11-13H2,1H3. The van der Waals surface area contributed by atoms with E-state index in [1.54, 1.807) is 17.0 Å². The zero-order valence-corrected chi connectivity index (χ0v) is 15.6. The van der Waals surface area contributed by atoms with Crippen molar-refractivity contribution in [3.63, 3.8) is 0 Å². The van der Waals surface area contributed by atoms with Crippen molar-refractivity contribution in [1.82, 2.24) is 14.5 Å². The molecule has 0 saturated carbocycles. The molecule has 3 heterocycles. The zero-order valence-electron chi connectivity index (χ0n) is 15.6. The fourth-order valence-electron chi connectivity index (χ4n) is 4.00. The van der Waals surface area contributed by atoms with Crippen LogP contribution in [0.15, 0.2) is 60.9 Å². The minimum Gasteiger partial charge on any atom is -0.328 e. The van der Waals surface area contributed by atoms with E-state index in [1.807, 2.05) is 24.5 Å². The predicted molar refractivity (Wildman–Crippen MR) is 105 cm³/mol. The van der Waals surface area contributed by atoms with Crippen molar-refractivity contribution in [3.8, 4) is 0 Å². The number of amides is 3. The van der Waals surface area contributed by atoms with Crippen LogP contribution in [0.1, 0.15) is 22.5 Å². The van der Waals surface area contributed by atoms with Gasteiger partial charge < -0.3 is 9.47 Å². The van der Waals surface area contributed by atoms with Crippen LogP contribution in [0.25, 0.3) is 0 Å². The van der Waals surface area contributed by atoms with Gasteiger partial charge in [0, 0.05) is 13.0 Å². The maximum absolute atomic E-state index is 13.0. The van der Waals surface area contributed by atoms with E-state index in [0.29, 0.717) is 25.2 Å². The molecule has 0 bridgehead atoms. The summed E-state index contributed by atoms with van der Waals surface area (Å²) in [5.41, 5.74) is 4.94. The quantitative estimate of drug-likeness (QED) is 0.664. The number of benzene rings is 2. The number of anilines is 1. The third-order valence-electron chi connectivity index (χ3n) is 5.55. The van der Waals surface area contributed by atoms with E-state index in [4.69, 9.17) is 0 Å². The summed E-state index contributed by atoms with van der Waals surface area (Å²) >= 11 is 0. The van der Waals surface area contributed by atoms with Crippen LogP contribution in [0.4, 0.5) is 10.5 Å². The van der Waals surface area contributed by atoms with Gasteiger partial charge in [0.1, 0.15) is 6.04 Å². The van der Waals surface area contributed by atoms with E-state index in [1.165, 1.54) is 16.0 Å². The molecule has 0 radical (unpaired) electrons. The number of fused-ring (bicyclic) bond motifs is 2. The maximum Gasteiger partial charge on any atom is 0.332 e. The Kier molecular flexibility index (Phi) is 3.79. The van der Waals surface area contributed by atoms with Gasteiger partial charge in [-0.05, 0) is 24.6 Å². The average Bonchev–Trinajstić information content (AvgIpc) is 3.21. The van der Waals surface area contributed by atoms with E-state index in [9.17, 15) is 9.59 Å². The highest BCUT2D eigenvalue weighted by molar-refractivity contribution is 6.21. The van der Waals surface area contributed by atoms with Gasteiger partial charge in [0.05, 0.1) is 29.9 Å². The number of aryl methyl sites for hydroxylation is 1. The molecule has 140 valence electrons. The lowest BCUT2D eigenvalue weighted by Crippen LogP contribution is -2.40. The fraction of sp³-hybridized carbons (Fsp3) is 0.227. The van der Waals surface area contributed by atoms with Gasteiger partial charge in [-0.2, -0.15) is 0 Å². The Hall–Kier alpha value is -3.41. The number of imidazole rings is 1. The molecule has 6 heteroatoms. The van der Waals surface area contributed by atoms with E-state index >= 15 is 0 Å². The Morgan fingerprint density at radius 2 is 1.79 bits per heavy atom. The lowest BCUT2D eigenvalue weighted by atomic mass is 10.0. The summed E-state index contributed by atoms with van der Waals surface area (Å²) in [6.45, 7) is 3.17. The first kappa shape index (κ1) is 16.7. The number of rotatable bonds is 3. The monoisotopic (exact) mass is 372 g/mol. The summed E-state index contributed by atoms with van der Waals surface area (Å²) < 4.78 is 2.08. The predicted octanol–water partition coefficient (Wildman–Crippen LogP) is 3.13. The summed E-state index contributed by atoms with van der Waals surface area (Å²) in [5.74, 6) is -0.171. The van der Waals surface area contributed by atoms with Crippen LogP contribution in [0.2, 0.25) is 0 Å². The van der Waals surface area contributed by atoms with Crippen LogP contribution < -0.4 is 4.90 Å². The third kappa shape index (κ3) is 2.60. The molecule has 1 fully saturated rings. The number of nitrogens with zero attached hydrogens (tertiary/aromatic N) is 4. The molecular weight excluding hydrogens is 352 g/mol. The first-order valence-corrected chi connectivity index (χ1v) is 9.40. The summed E-state index contributed by atoms with van der Waals surface area (Å²) in [7, 11) is 0. The third-order valence-corrected chi connectivity index (χ3v) is 5.55. The minimum absolute atomic E-state index is 0.171. The van der Waals surface area contributed by atoms with Crippen molar-refractivity contribution in [3.05, 3.63) is 83.4 Å². The summed E-state index contributed by atoms with van der Waals surface area (Å²) in [5, 5.41) is 0. The van der Waals surface area contributed by atoms with Crippen molar-refractivity contribution in [2.24, 2.45) is 0 Å². The van der Waals surface area contributed by atoms with Gasteiger partial charge in [0.2, 0.25) is 0 Å². The van der Waals surface area contributed by atoms with Crippen LogP contribution in [-0.4, -0.2) is 32.4 Å². The molecule has 0 N–H and O–H groups in total. The molecule has 5 rings (SSSR count). The minimum atomic E-state index is -0.470. The maximum atomic E-state index is 13.0. The smallest absolute Gasteiger partial charge is 0.328 e. The Morgan fingerprint density at radius 3 is 2.54 bits per heavy atom. The highest BCUT2D eigenvalue weighted by Crippen LogP contribution is 2.32. The van der Waals surface area contributed by atoms with E-state index < -0.39 is 6.04 Å². The van der Waals surface area contributed by atoms with E-state index in [2.05, 4.69) is 40.7 Å². The number of carbonyl (C=O) groups excluding carboxylic acids is 2. The van der Waals surface area contributed by atoms with Crippen LogP contribution in [0.5, 0.6) is 0 Å². The molecule has 1 atom stereocenters. The number of carbonyl (C=O) groups is 2. The van der Waals surface area contributed by atoms with Crippen molar-refractivity contribution in [1.29, 1.82) is 0 Å². The van der Waals surface area contributed by atoms with Crippen LogP contribution in [-0.2, 0) is 24.3 Å². The first-order chi connectivity index (χ1) is 13.6. The Labute approximate surface area is 163 Å². The van der Waals surface area contributed by atoms with Crippen LogP contribution >= 0.6 is 0 Å². The molecule has 1 saturated heterocycles. The largest absolute Gasteiger partial charge is 0.332 e. The molecule has 3 aromatic rings. The Bertz CT molecular complexity index is 1060. The average molecular weight is 372 g/mol. The lowest BCUT2D eigenvalue weighted by Gasteiger charge is -2.27. The second kappa shape index (κ2) is 6.34. The summed E-state index contributed by atoms with van der Waals surface area (Å²) in [6, 6.07) is 16.8. The molecule has 1 aromatic heterocycles. The fourth-order valence-corrected chi connectivity index (χ4v) is 4.00. The molecule has 3 amide bonds. The van der Waals surface area contributed by atoms with Gasteiger partial charge in [0.25, 0.3) is 5.91 Å². The van der Waals surface area contributed by atoms with Gasteiger partial charge in [-0.25, -0.2) is 14.7 Å². The Morgan fingerprint density at radius 1 is 1.04 bits per heavy atom. The van der Waals surface area contributed by atoms with Gasteiger partial charge in [-0.3, -0.25) is 4.79 Å². The van der Waals surface area contributed by atoms with Gasteiger partial charge >= 0.3 is 6.03 Å². The number of aromatic nitrogens is 2. The zero-order chi connectivity index (χ0) is 19.3. The summed E-state index contributed by atoms with van der Waals surface area (Å²) in [6.07, 6.45) is 2.28. The highest BCUT2D eigenvalue weighted by atomic mass is 16.2. The van der Waals surface area contributed by atoms with Crippen molar-refractivity contribution >= 4 is 17.6 Å². The second-order valence-corrected chi connectivity index (χ2v) is 7.39. The van der Waals surface area contributed by atoms with Crippen molar-refractivity contribution < 1.29 is 9.59 Å². The molecule has 1 unspecified atom stereocenters. The number of hydrogen-bond acceptors (Lipinski definition) is 3. The SMILES string of the molecule is Cc1ccc(Cn2cnc3c2CN2C(=O)N(c4ccccc4)C(=O)C2C3)cc1.